The van der Waals surface area contributed by atoms with Gasteiger partial charge in [0.15, 0.2) is 0 Å². The smallest absolute Gasteiger partial charge is 0.322 e. The van der Waals surface area contributed by atoms with Crippen LogP contribution in [0.3, 0.4) is 0 Å². The van der Waals surface area contributed by atoms with E-state index in [4.69, 9.17) is 4.74 Å². The average molecular weight is 488 g/mol. The van der Waals surface area contributed by atoms with Gasteiger partial charge in [0.05, 0.1) is 25.8 Å². The van der Waals surface area contributed by atoms with Crippen LogP contribution in [0, 0.1) is 17.8 Å². The minimum atomic E-state index is -0.313. The molecule has 1 saturated carbocycles. The summed E-state index contributed by atoms with van der Waals surface area (Å²) in [7, 11) is 1.59. The number of benzene rings is 2. The van der Waals surface area contributed by atoms with Gasteiger partial charge < -0.3 is 25.0 Å². The summed E-state index contributed by atoms with van der Waals surface area (Å²) in [4.78, 5) is 29.1. The number of carbonyl (C=O) groups is 2. The van der Waals surface area contributed by atoms with Crippen LogP contribution in [0.15, 0.2) is 48.5 Å². The Kier molecular flexibility index (Phi) is 7.15. The second-order valence-electron chi connectivity index (χ2n) is 9.96. The Labute approximate surface area is 212 Å². The topological polar surface area (TPSA) is 82.1 Å². The van der Waals surface area contributed by atoms with Crippen molar-refractivity contribution in [2.75, 3.05) is 32.1 Å². The molecule has 5 rings (SSSR count). The molecule has 0 bridgehead atoms. The summed E-state index contributed by atoms with van der Waals surface area (Å²) in [6.07, 6.45) is 6.21. The van der Waals surface area contributed by atoms with Gasteiger partial charge in [-0.1, -0.05) is 36.8 Å². The van der Waals surface area contributed by atoms with Gasteiger partial charge in [-0.2, -0.15) is 0 Å². The fourth-order valence-electron chi connectivity index (χ4n) is 5.83. The van der Waals surface area contributed by atoms with E-state index in [0.717, 1.165) is 23.5 Å². The van der Waals surface area contributed by atoms with E-state index in [-0.39, 0.29) is 43.1 Å². The van der Waals surface area contributed by atoms with Crippen LogP contribution in [0.5, 0.6) is 5.75 Å². The summed E-state index contributed by atoms with van der Waals surface area (Å²) in [6, 6.07) is 14.5. The second kappa shape index (κ2) is 10.6. The van der Waals surface area contributed by atoms with Crippen molar-refractivity contribution in [2.24, 2.45) is 5.92 Å². The van der Waals surface area contributed by atoms with Gasteiger partial charge in [-0.15, -0.1) is 0 Å². The maximum atomic E-state index is 12.9. The third-order valence-electron chi connectivity index (χ3n) is 7.77. The van der Waals surface area contributed by atoms with Gasteiger partial charge in [0, 0.05) is 30.1 Å². The molecule has 188 valence electrons. The number of fused-ring (bicyclic) bond motifs is 1. The van der Waals surface area contributed by atoms with E-state index >= 15 is 0 Å². The number of methoxy groups -OCH3 is 1. The molecule has 1 aliphatic carbocycles. The van der Waals surface area contributed by atoms with E-state index in [9.17, 15) is 14.7 Å². The largest absolute Gasteiger partial charge is 0.497 e. The first-order chi connectivity index (χ1) is 17.6. The van der Waals surface area contributed by atoms with Gasteiger partial charge in [0.2, 0.25) is 5.91 Å². The minimum absolute atomic E-state index is 0.00275. The summed E-state index contributed by atoms with van der Waals surface area (Å²) in [5.41, 5.74) is 2.68. The van der Waals surface area contributed by atoms with Crippen LogP contribution in [0.1, 0.15) is 49.1 Å². The molecule has 36 heavy (non-hydrogen) atoms. The lowest BCUT2D eigenvalue weighted by molar-refractivity contribution is -0.159. The lowest BCUT2D eigenvalue weighted by atomic mass is 9.73. The Balaban J connectivity index is 1.25. The number of urea groups is 1. The van der Waals surface area contributed by atoms with E-state index in [1.54, 1.807) is 41.2 Å². The van der Waals surface area contributed by atoms with Crippen LogP contribution in [0.25, 0.3) is 0 Å². The highest BCUT2D eigenvalue weighted by Crippen LogP contribution is 2.43. The summed E-state index contributed by atoms with van der Waals surface area (Å²) < 4.78 is 5.16. The van der Waals surface area contributed by atoms with Crippen molar-refractivity contribution in [3.63, 3.8) is 0 Å². The molecule has 2 aromatic rings. The van der Waals surface area contributed by atoms with Crippen molar-refractivity contribution in [3.8, 4) is 17.6 Å². The molecule has 0 aromatic heterocycles. The third kappa shape index (κ3) is 4.91. The number of piperazine rings is 1. The van der Waals surface area contributed by atoms with E-state index < -0.39 is 0 Å². The second-order valence-corrected chi connectivity index (χ2v) is 9.96. The van der Waals surface area contributed by atoms with Crippen molar-refractivity contribution >= 4 is 17.6 Å². The molecule has 2 saturated heterocycles. The highest BCUT2D eigenvalue weighted by atomic mass is 16.5. The molecule has 3 fully saturated rings. The molecule has 3 amide bonds. The molecule has 0 unspecified atom stereocenters. The van der Waals surface area contributed by atoms with Crippen LogP contribution in [-0.4, -0.2) is 65.7 Å². The van der Waals surface area contributed by atoms with E-state index in [1.165, 1.54) is 25.7 Å². The van der Waals surface area contributed by atoms with E-state index in [1.807, 2.05) is 24.3 Å². The monoisotopic (exact) mass is 487 g/mol. The number of ether oxygens (including phenoxy) is 1. The lowest BCUT2D eigenvalue weighted by Crippen LogP contribution is -2.73. The number of nitrogens with one attached hydrogen (secondary N) is 1. The normalized spacial score (nSPS) is 23.4. The van der Waals surface area contributed by atoms with Gasteiger partial charge in [-0.25, -0.2) is 4.79 Å². The summed E-state index contributed by atoms with van der Waals surface area (Å²) in [5, 5.41) is 12.9. The van der Waals surface area contributed by atoms with Gasteiger partial charge in [-0.3, -0.25) is 4.79 Å². The Morgan fingerprint density at radius 1 is 1.11 bits per heavy atom. The third-order valence-corrected chi connectivity index (χ3v) is 7.77. The molecular formula is C29H33N3O4. The summed E-state index contributed by atoms with van der Waals surface area (Å²) in [6.45, 7) is 0.308. The van der Waals surface area contributed by atoms with Crippen LogP contribution in [0.4, 0.5) is 10.5 Å². The van der Waals surface area contributed by atoms with Crippen LogP contribution in [0.2, 0.25) is 0 Å². The van der Waals surface area contributed by atoms with Crippen molar-refractivity contribution < 1.29 is 19.4 Å². The van der Waals surface area contributed by atoms with E-state index in [0.29, 0.717) is 18.0 Å². The Hall–Kier alpha value is -3.50. The van der Waals surface area contributed by atoms with Crippen molar-refractivity contribution in [1.82, 2.24) is 9.80 Å². The maximum absolute atomic E-state index is 12.9. The molecule has 2 heterocycles. The predicted octanol–water partition coefficient (Wildman–Crippen LogP) is 3.83. The first-order valence-corrected chi connectivity index (χ1v) is 12.8. The number of rotatable bonds is 5. The molecule has 3 aliphatic rings. The molecule has 0 spiro atoms. The molecule has 3 atom stereocenters. The molecule has 2 aliphatic heterocycles. The number of carbonyl (C=O) groups excluding carboxylic acids is 2. The first-order valence-electron chi connectivity index (χ1n) is 12.8. The molecular weight excluding hydrogens is 454 g/mol. The van der Waals surface area contributed by atoms with Gasteiger partial charge in [0.1, 0.15) is 12.3 Å². The van der Waals surface area contributed by atoms with Crippen molar-refractivity contribution in [1.29, 1.82) is 0 Å². The standard InChI is InChI=1S/C29H33N3O4/c1-36-24-15-13-23(14-16-24)30-29(35)31-17-25-28(26(19-33)32(25)27(34)18-31)22-11-9-21(10-12-22)8-4-7-20-5-2-3-6-20/h9-16,20,25-26,28,33H,2-3,5-7,17-19H2,1H3,(H,30,35)/t25-,26+,28-/m1/s1. The summed E-state index contributed by atoms with van der Waals surface area (Å²) in [5.74, 6) is 7.90. The van der Waals surface area contributed by atoms with Gasteiger partial charge in [-0.05, 0) is 60.7 Å². The number of amides is 3. The SMILES string of the molecule is COc1ccc(NC(=O)N2CC(=O)N3[C@H](C2)[C@@H](c2ccc(C#CCC4CCCC4)cc2)[C@@H]3CO)cc1. The number of hydrogen-bond donors (Lipinski definition) is 2. The van der Waals surface area contributed by atoms with Crippen LogP contribution >= 0.6 is 0 Å². The van der Waals surface area contributed by atoms with Crippen molar-refractivity contribution in [3.05, 3.63) is 59.7 Å². The maximum Gasteiger partial charge on any atom is 0.322 e. The molecule has 7 heteroatoms. The highest BCUT2D eigenvalue weighted by molar-refractivity contribution is 5.93. The van der Waals surface area contributed by atoms with Crippen LogP contribution < -0.4 is 10.1 Å². The number of anilines is 1. The fraction of sp³-hybridized carbons (Fsp3) is 0.448. The number of hydrogen-bond acceptors (Lipinski definition) is 4. The Morgan fingerprint density at radius 2 is 1.83 bits per heavy atom. The Morgan fingerprint density at radius 3 is 2.50 bits per heavy atom. The zero-order valence-corrected chi connectivity index (χ0v) is 20.7. The molecule has 7 nitrogen and oxygen atoms in total. The highest BCUT2D eigenvalue weighted by Gasteiger charge is 2.54. The van der Waals surface area contributed by atoms with E-state index in [2.05, 4.69) is 17.2 Å². The molecule has 0 radical (unpaired) electrons. The number of aliphatic hydroxyl groups is 1. The predicted molar refractivity (Wildman–Crippen MR) is 138 cm³/mol. The molecule has 2 N–H and O–H groups in total. The average Bonchev–Trinajstić information content (AvgIpc) is 3.40. The number of aliphatic hydroxyl groups excluding tert-OH is 1. The van der Waals surface area contributed by atoms with Crippen molar-refractivity contribution in [2.45, 2.75) is 50.1 Å². The number of nitrogens with zero attached hydrogens (tertiary/aromatic N) is 2. The van der Waals surface area contributed by atoms with Gasteiger partial charge >= 0.3 is 6.03 Å². The Bertz CT molecular complexity index is 1150. The molecule has 2 aromatic carbocycles. The minimum Gasteiger partial charge on any atom is -0.497 e. The fourth-order valence-corrected chi connectivity index (χ4v) is 5.83. The lowest BCUT2D eigenvalue weighted by Gasteiger charge is -2.58. The van der Waals surface area contributed by atoms with Gasteiger partial charge in [0.25, 0.3) is 0 Å². The zero-order chi connectivity index (χ0) is 25.1. The summed E-state index contributed by atoms with van der Waals surface area (Å²) >= 11 is 0. The zero-order valence-electron chi connectivity index (χ0n) is 20.7. The van der Waals surface area contributed by atoms with Crippen LogP contribution in [-0.2, 0) is 4.79 Å². The first kappa shape index (κ1) is 24.2. The quantitative estimate of drug-likeness (QED) is 0.628.